The minimum absolute atomic E-state index is 0.277. The van der Waals surface area contributed by atoms with E-state index in [2.05, 4.69) is 34.6 Å². The predicted molar refractivity (Wildman–Crippen MR) is 70.1 cm³/mol. The summed E-state index contributed by atoms with van der Waals surface area (Å²) in [7, 11) is 1.96. The van der Waals surface area contributed by atoms with Crippen molar-refractivity contribution < 1.29 is 0 Å². The second-order valence-electron chi connectivity index (χ2n) is 4.27. The first-order valence-corrected chi connectivity index (χ1v) is 6.58. The lowest BCUT2D eigenvalue weighted by Gasteiger charge is -2.11. The number of aryl methyl sites for hydroxylation is 2. The molecule has 1 unspecified atom stereocenters. The van der Waals surface area contributed by atoms with Crippen molar-refractivity contribution >= 4 is 11.3 Å². The van der Waals surface area contributed by atoms with Gasteiger partial charge in [-0.2, -0.15) is 5.10 Å². The molecular formula is C12H18N4S. The average molecular weight is 250 g/mol. The molecule has 0 aliphatic rings. The molecule has 0 spiro atoms. The molecule has 17 heavy (non-hydrogen) atoms. The van der Waals surface area contributed by atoms with Crippen LogP contribution in [-0.4, -0.2) is 14.8 Å². The van der Waals surface area contributed by atoms with Crippen LogP contribution in [0, 0.1) is 13.8 Å². The molecule has 0 aromatic carbocycles. The van der Waals surface area contributed by atoms with Gasteiger partial charge in [0.25, 0.3) is 0 Å². The van der Waals surface area contributed by atoms with Gasteiger partial charge in [-0.25, -0.2) is 4.98 Å². The summed E-state index contributed by atoms with van der Waals surface area (Å²) in [5.41, 5.74) is 3.57. The Labute approximate surface area is 106 Å². The molecule has 0 aliphatic carbocycles. The maximum Gasteiger partial charge on any atom is 0.0898 e. The van der Waals surface area contributed by atoms with E-state index in [1.807, 2.05) is 24.9 Å². The monoisotopic (exact) mass is 250 g/mol. The van der Waals surface area contributed by atoms with E-state index < -0.39 is 0 Å². The first-order valence-electron chi connectivity index (χ1n) is 5.71. The zero-order valence-electron chi connectivity index (χ0n) is 10.7. The third-order valence-corrected chi connectivity index (χ3v) is 3.81. The van der Waals surface area contributed by atoms with Crippen LogP contribution in [0.1, 0.15) is 34.9 Å². The zero-order valence-corrected chi connectivity index (χ0v) is 11.5. The molecule has 0 bridgehead atoms. The van der Waals surface area contributed by atoms with Gasteiger partial charge >= 0.3 is 0 Å². The molecule has 92 valence electrons. The van der Waals surface area contributed by atoms with Crippen LogP contribution < -0.4 is 5.32 Å². The molecule has 0 saturated carbocycles. The summed E-state index contributed by atoms with van der Waals surface area (Å²) < 4.78 is 1.90. The standard InChI is InChI=1S/C12H18N4S/c1-8(12-7-17-10(3)15-12)13-5-11-6-14-16(4)9(11)2/h6-8,13H,5H2,1-4H3. The highest BCUT2D eigenvalue weighted by atomic mass is 32.1. The lowest BCUT2D eigenvalue weighted by molar-refractivity contribution is 0.561. The first kappa shape index (κ1) is 12.3. The Morgan fingerprint density at radius 2 is 2.24 bits per heavy atom. The van der Waals surface area contributed by atoms with Crippen LogP contribution in [0.3, 0.4) is 0 Å². The van der Waals surface area contributed by atoms with Gasteiger partial charge in [-0.15, -0.1) is 11.3 Å². The van der Waals surface area contributed by atoms with E-state index in [4.69, 9.17) is 0 Å². The van der Waals surface area contributed by atoms with Gasteiger partial charge in [0, 0.05) is 36.3 Å². The zero-order chi connectivity index (χ0) is 12.4. The molecular weight excluding hydrogens is 232 g/mol. The molecule has 2 aromatic heterocycles. The maximum absolute atomic E-state index is 4.49. The molecule has 0 radical (unpaired) electrons. The van der Waals surface area contributed by atoms with Crippen LogP contribution in [0.5, 0.6) is 0 Å². The first-order chi connectivity index (χ1) is 8.08. The van der Waals surface area contributed by atoms with E-state index in [0.29, 0.717) is 0 Å². The van der Waals surface area contributed by atoms with Crippen molar-refractivity contribution in [1.29, 1.82) is 0 Å². The molecule has 0 amide bonds. The van der Waals surface area contributed by atoms with Crippen LogP contribution in [0.4, 0.5) is 0 Å². The molecule has 4 nitrogen and oxygen atoms in total. The van der Waals surface area contributed by atoms with Crippen molar-refractivity contribution in [2.45, 2.75) is 33.4 Å². The Morgan fingerprint density at radius 3 is 2.76 bits per heavy atom. The lowest BCUT2D eigenvalue weighted by atomic mass is 10.2. The third-order valence-electron chi connectivity index (χ3n) is 3.02. The van der Waals surface area contributed by atoms with Crippen molar-refractivity contribution in [3.63, 3.8) is 0 Å². The highest BCUT2D eigenvalue weighted by Crippen LogP contribution is 2.16. The summed E-state index contributed by atoms with van der Waals surface area (Å²) in [5, 5.41) is 10.9. The molecule has 2 rings (SSSR count). The van der Waals surface area contributed by atoms with Crippen LogP contribution in [0.2, 0.25) is 0 Å². The van der Waals surface area contributed by atoms with Crippen molar-refractivity contribution in [3.8, 4) is 0 Å². The minimum atomic E-state index is 0.277. The fourth-order valence-corrected chi connectivity index (χ4v) is 2.37. The van der Waals surface area contributed by atoms with E-state index in [1.165, 1.54) is 11.3 Å². The summed E-state index contributed by atoms with van der Waals surface area (Å²) in [5.74, 6) is 0. The number of hydrogen-bond acceptors (Lipinski definition) is 4. The number of aromatic nitrogens is 3. The molecule has 1 atom stereocenters. The highest BCUT2D eigenvalue weighted by Gasteiger charge is 2.10. The Kier molecular flexibility index (Phi) is 3.59. The van der Waals surface area contributed by atoms with Crippen LogP contribution in [0.15, 0.2) is 11.6 Å². The fourth-order valence-electron chi connectivity index (χ4n) is 1.66. The summed E-state index contributed by atoms with van der Waals surface area (Å²) >= 11 is 1.69. The Balaban J connectivity index is 1.96. The normalized spacial score (nSPS) is 12.9. The maximum atomic E-state index is 4.49. The number of thiazole rings is 1. The summed E-state index contributed by atoms with van der Waals surface area (Å²) in [6.07, 6.45) is 1.92. The number of hydrogen-bond donors (Lipinski definition) is 1. The van der Waals surface area contributed by atoms with E-state index >= 15 is 0 Å². The van der Waals surface area contributed by atoms with Gasteiger partial charge in [0.05, 0.1) is 16.9 Å². The van der Waals surface area contributed by atoms with Gasteiger partial charge in [0.15, 0.2) is 0 Å². The lowest BCUT2D eigenvalue weighted by Crippen LogP contribution is -2.18. The van der Waals surface area contributed by atoms with E-state index in [9.17, 15) is 0 Å². The van der Waals surface area contributed by atoms with E-state index in [0.717, 1.165) is 17.2 Å². The number of rotatable bonds is 4. The van der Waals surface area contributed by atoms with Crippen LogP contribution >= 0.6 is 11.3 Å². The van der Waals surface area contributed by atoms with E-state index in [1.54, 1.807) is 11.3 Å². The van der Waals surface area contributed by atoms with Gasteiger partial charge in [-0.1, -0.05) is 0 Å². The molecule has 0 aliphatic heterocycles. The van der Waals surface area contributed by atoms with Crippen molar-refractivity contribution in [3.05, 3.63) is 33.5 Å². The van der Waals surface area contributed by atoms with Crippen LogP contribution in [0.25, 0.3) is 0 Å². The van der Waals surface area contributed by atoms with Crippen molar-refractivity contribution in [2.24, 2.45) is 7.05 Å². The second-order valence-corrected chi connectivity index (χ2v) is 5.34. The third kappa shape index (κ3) is 2.73. The molecule has 0 fully saturated rings. The molecule has 0 saturated heterocycles. The Morgan fingerprint density at radius 1 is 1.47 bits per heavy atom. The highest BCUT2D eigenvalue weighted by molar-refractivity contribution is 7.09. The largest absolute Gasteiger partial charge is 0.305 e. The Bertz CT molecular complexity index is 500. The second kappa shape index (κ2) is 4.98. The smallest absolute Gasteiger partial charge is 0.0898 e. The molecule has 2 aromatic rings. The summed E-state index contributed by atoms with van der Waals surface area (Å²) in [6.45, 7) is 7.09. The van der Waals surface area contributed by atoms with Gasteiger partial charge in [-0.3, -0.25) is 4.68 Å². The quantitative estimate of drug-likeness (QED) is 0.905. The van der Waals surface area contributed by atoms with Gasteiger partial charge in [0.1, 0.15) is 0 Å². The Hall–Kier alpha value is -1.20. The minimum Gasteiger partial charge on any atom is -0.305 e. The van der Waals surface area contributed by atoms with Gasteiger partial charge in [-0.05, 0) is 20.8 Å². The van der Waals surface area contributed by atoms with E-state index in [-0.39, 0.29) is 6.04 Å². The molecule has 1 N–H and O–H groups in total. The fraction of sp³-hybridized carbons (Fsp3) is 0.500. The molecule has 5 heteroatoms. The van der Waals surface area contributed by atoms with Crippen molar-refractivity contribution in [2.75, 3.05) is 0 Å². The SMILES string of the molecule is Cc1nc(C(C)NCc2cnn(C)c2C)cs1. The molecule has 2 heterocycles. The number of nitrogens with zero attached hydrogens (tertiary/aromatic N) is 3. The summed E-state index contributed by atoms with van der Waals surface area (Å²) in [6, 6.07) is 0.277. The average Bonchev–Trinajstić information content (AvgIpc) is 2.86. The predicted octanol–water partition coefficient (Wildman–Crippen LogP) is 2.34. The summed E-state index contributed by atoms with van der Waals surface area (Å²) in [4.78, 5) is 4.49. The topological polar surface area (TPSA) is 42.7 Å². The van der Waals surface area contributed by atoms with Crippen LogP contribution in [-0.2, 0) is 13.6 Å². The van der Waals surface area contributed by atoms with Gasteiger partial charge < -0.3 is 5.32 Å². The number of nitrogens with one attached hydrogen (secondary N) is 1. The van der Waals surface area contributed by atoms with Gasteiger partial charge in [0.2, 0.25) is 0 Å². The van der Waals surface area contributed by atoms with Crippen molar-refractivity contribution in [1.82, 2.24) is 20.1 Å².